The summed E-state index contributed by atoms with van der Waals surface area (Å²) < 4.78 is 5.66. The molecule has 3 rings (SSSR count). The molecule has 1 fully saturated rings. The van der Waals surface area contributed by atoms with Gasteiger partial charge < -0.3 is 15.0 Å². The Labute approximate surface area is 115 Å². The van der Waals surface area contributed by atoms with Crippen molar-refractivity contribution in [3.8, 4) is 0 Å². The molecule has 2 atom stereocenters. The van der Waals surface area contributed by atoms with E-state index in [0.717, 1.165) is 26.3 Å². The monoisotopic (exact) mass is 260 g/mol. The number of benzene rings is 1. The minimum absolute atomic E-state index is 0.527. The van der Waals surface area contributed by atoms with Crippen molar-refractivity contribution in [1.29, 1.82) is 0 Å². The third kappa shape index (κ3) is 2.77. The fourth-order valence-corrected chi connectivity index (χ4v) is 3.35. The Morgan fingerprint density at radius 1 is 1.32 bits per heavy atom. The third-order valence-corrected chi connectivity index (χ3v) is 4.33. The molecule has 0 saturated carbocycles. The van der Waals surface area contributed by atoms with E-state index >= 15 is 0 Å². The number of para-hydroxylation sites is 1. The number of hydrogen-bond acceptors (Lipinski definition) is 3. The highest BCUT2D eigenvalue weighted by atomic mass is 16.5. The van der Waals surface area contributed by atoms with Gasteiger partial charge in [-0.15, -0.1) is 0 Å². The first-order valence-electron chi connectivity index (χ1n) is 7.52. The Balaban J connectivity index is 1.70. The number of likely N-dealkylation sites (N-methyl/N-ethyl adjacent to an activating group) is 1. The summed E-state index contributed by atoms with van der Waals surface area (Å²) in [6, 6.07) is 9.38. The van der Waals surface area contributed by atoms with Crippen LogP contribution in [0.25, 0.3) is 0 Å². The Morgan fingerprint density at radius 2 is 2.21 bits per heavy atom. The van der Waals surface area contributed by atoms with Gasteiger partial charge in [-0.2, -0.15) is 0 Å². The number of nitrogens with one attached hydrogen (secondary N) is 1. The fourth-order valence-electron chi connectivity index (χ4n) is 3.35. The van der Waals surface area contributed by atoms with E-state index in [9.17, 15) is 0 Å². The number of anilines is 1. The van der Waals surface area contributed by atoms with E-state index in [2.05, 4.69) is 41.4 Å². The van der Waals surface area contributed by atoms with E-state index in [0.29, 0.717) is 12.0 Å². The highest BCUT2D eigenvalue weighted by Gasteiger charge is 2.30. The van der Waals surface area contributed by atoms with Crippen molar-refractivity contribution >= 4 is 5.69 Å². The van der Waals surface area contributed by atoms with Crippen LogP contribution >= 0.6 is 0 Å². The summed E-state index contributed by atoms with van der Waals surface area (Å²) in [5, 5.41) is 3.56. The molecule has 2 aliphatic heterocycles. The van der Waals surface area contributed by atoms with Crippen LogP contribution < -0.4 is 10.2 Å². The maximum Gasteiger partial charge on any atom is 0.0624 e. The first-order valence-corrected chi connectivity index (χ1v) is 7.52. The van der Waals surface area contributed by atoms with Crippen LogP contribution in [0.4, 0.5) is 5.69 Å². The molecule has 1 aromatic carbocycles. The van der Waals surface area contributed by atoms with Gasteiger partial charge in [0.15, 0.2) is 0 Å². The van der Waals surface area contributed by atoms with E-state index in [-0.39, 0.29) is 0 Å². The van der Waals surface area contributed by atoms with E-state index in [1.54, 1.807) is 0 Å². The second kappa shape index (κ2) is 5.93. The summed E-state index contributed by atoms with van der Waals surface area (Å²) in [5.74, 6) is 0.617. The molecule has 104 valence electrons. The summed E-state index contributed by atoms with van der Waals surface area (Å²) in [6.07, 6.45) is 2.50. The number of hydrogen-bond donors (Lipinski definition) is 1. The standard InChI is InChI=1S/C16H24N2O/c1-2-17-15-12-19-11-14(15)10-18-9-5-7-13-6-3-4-8-16(13)18/h3-4,6,8,14-15,17H,2,5,7,9-12H2,1H3. The van der Waals surface area contributed by atoms with Crippen molar-refractivity contribution in [2.45, 2.75) is 25.8 Å². The molecular weight excluding hydrogens is 236 g/mol. The molecule has 0 aromatic heterocycles. The topological polar surface area (TPSA) is 24.5 Å². The second-order valence-corrected chi connectivity index (χ2v) is 5.64. The lowest BCUT2D eigenvalue weighted by atomic mass is 9.98. The smallest absolute Gasteiger partial charge is 0.0624 e. The van der Waals surface area contributed by atoms with Gasteiger partial charge in [-0.25, -0.2) is 0 Å². The molecule has 2 aliphatic rings. The van der Waals surface area contributed by atoms with Crippen LogP contribution in [0, 0.1) is 5.92 Å². The lowest BCUT2D eigenvalue weighted by Crippen LogP contribution is -2.43. The third-order valence-electron chi connectivity index (χ3n) is 4.33. The molecule has 0 aliphatic carbocycles. The van der Waals surface area contributed by atoms with Crippen LogP contribution in [0.2, 0.25) is 0 Å². The van der Waals surface area contributed by atoms with Crippen molar-refractivity contribution in [3.05, 3.63) is 29.8 Å². The Morgan fingerprint density at radius 3 is 3.11 bits per heavy atom. The molecule has 1 saturated heterocycles. The zero-order valence-electron chi connectivity index (χ0n) is 11.8. The van der Waals surface area contributed by atoms with Gasteiger partial charge in [-0.05, 0) is 31.0 Å². The molecule has 0 radical (unpaired) electrons. The van der Waals surface area contributed by atoms with Gasteiger partial charge in [0.25, 0.3) is 0 Å². The van der Waals surface area contributed by atoms with Crippen LogP contribution in [0.5, 0.6) is 0 Å². The molecular formula is C16H24N2O. The molecule has 3 nitrogen and oxygen atoms in total. The summed E-state index contributed by atoms with van der Waals surface area (Å²) >= 11 is 0. The van der Waals surface area contributed by atoms with E-state index in [1.165, 1.54) is 30.6 Å². The lowest BCUT2D eigenvalue weighted by Gasteiger charge is -2.34. The van der Waals surface area contributed by atoms with Gasteiger partial charge in [0.2, 0.25) is 0 Å². The van der Waals surface area contributed by atoms with Gasteiger partial charge in [-0.1, -0.05) is 25.1 Å². The zero-order chi connectivity index (χ0) is 13.1. The van der Waals surface area contributed by atoms with Gasteiger partial charge in [-0.3, -0.25) is 0 Å². The minimum Gasteiger partial charge on any atom is -0.379 e. The second-order valence-electron chi connectivity index (χ2n) is 5.64. The number of aryl methyl sites for hydroxylation is 1. The molecule has 0 spiro atoms. The highest BCUT2D eigenvalue weighted by molar-refractivity contribution is 5.55. The van der Waals surface area contributed by atoms with Crippen LogP contribution in [-0.2, 0) is 11.2 Å². The first-order chi connectivity index (χ1) is 9.38. The maximum atomic E-state index is 5.66. The van der Waals surface area contributed by atoms with Crippen molar-refractivity contribution in [3.63, 3.8) is 0 Å². The number of fused-ring (bicyclic) bond motifs is 1. The van der Waals surface area contributed by atoms with Crippen molar-refractivity contribution < 1.29 is 4.74 Å². The average molecular weight is 260 g/mol. The largest absolute Gasteiger partial charge is 0.379 e. The maximum absolute atomic E-state index is 5.66. The number of nitrogens with zero attached hydrogens (tertiary/aromatic N) is 1. The first kappa shape index (κ1) is 12.9. The molecule has 0 amide bonds. The predicted octanol–water partition coefficient (Wildman–Crippen LogP) is 2.06. The van der Waals surface area contributed by atoms with Gasteiger partial charge in [0.1, 0.15) is 0 Å². The van der Waals surface area contributed by atoms with Crippen LogP contribution in [0.15, 0.2) is 24.3 Å². The Kier molecular flexibility index (Phi) is 4.04. The summed E-state index contributed by atoms with van der Waals surface area (Å²) in [7, 11) is 0. The molecule has 2 heterocycles. The predicted molar refractivity (Wildman–Crippen MR) is 78.7 cm³/mol. The highest BCUT2D eigenvalue weighted by Crippen LogP contribution is 2.28. The quantitative estimate of drug-likeness (QED) is 0.897. The van der Waals surface area contributed by atoms with Crippen molar-refractivity contribution in [2.75, 3.05) is 37.7 Å². The lowest BCUT2D eigenvalue weighted by molar-refractivity contribution is 0.183. The number of rotatable bonds is 4. The van der Waals surface area contributed by atoms with Crippen molar-refractivity contribution in [1.82, 2.24) is 5.32 Å². The molecule has 3 heteroatoms. The molecule has 2 unspecified atom stereocenters. The summed E-state index contributed by atoms with van der Waals surface area (Å²) in [4.78, 5) is 2.56. The van der Waals surface area contributed by atoms with E-state index < -0.39 is 0 Å². The Hall–Kier alpha value is -1.06. The number of ether oxygens (including phenoxy) is 1. The summed E-state index contributed by atoms with van der Waals surface area (Å²) in [6.45, 7) is 7.28. The van der Waals surface area contributed by atoms with Crippen LogP contribution in [-0.4, -0.2) is 38.9 Å². The van der Waals surface area contributed by atoms with Gasteiger partial charge >= 0.3 is 0 Å². The fraction of sp³-hybridized carbons (Fsp3) is 0.625. The Bertz CT molecular complexity index is 421. The summed E-state index contributed by atoms with van der Waals surface area (Å²) in [5.41, 5.74) is 2.95. The van der Waals surface area contributed by atoms with Crippen LogP contribution in [0.3, 0.4) is 0 Å². The van der Waals surface area contributed by atoms with Gasteiger partial charge in [0.05, 0.1) is 13.2 Å². The van der Waals surface area contributed by atoms with Crippen molar-refractivity contribution in [2.24, 2.45) is 5.92 Å². The zero-order valence-corrected chi connectivity index (χ0v) is 11.8. The SMILES string of the molecule is CCNC1COCC1CN1CCCc2ccccc21. The molecule has 1 N–H and O–H groups in total. The van der Waals surface area contributed by atoms with Gasteiger partial charge in [0, 0.05) is 30.7 Å². The molecule has 19 heavy (non-hydrogen) atoms. The minimum atomic E-state index is 0.527. The average Bonchev–Trinajstić information content (AvgIpc) is 2.87. The van der Waals surface area contributed by atoms with E-state index in [4.69, 9.17) is 4.74 Å². The van der Waals surface area contributed by atoms with Crippen LogP contribution in [0.1, 0.15) is 18.9 Å². The van der Waals surface area contributed by atoms with E-state index in [1.807, 2.05) is 0 Å². The normalized spacial score (nSPS) is 26.5. The molecule has 1 aromatic rings. The molecule has 0 bridgehead atoms.